The summed E-state index contributed by atoms with van der Waals surface area (Å²) in [5.41, 5.74) is 0.878. The summed E-state index contributed by atoms with van der Waals surface area (Å²) in [6.07, 6.45) is 6.49. The van der Waals surface area contributed by atoms with Crippen molar-refractivity contribution >= 4 is 34.8 Å². The molecule has 1 aliphatic carbocycles. The summed E-state index contributed by atoms with van der Waals surface area (Å²) in [5, 5.41) is 5.17. The molecule has 4 heteroatoms. The molecule has 0 heterocycles. The van der Waals surface area contributed by atoms with Gasteiger partial charge in [-0.05, 0) is 25.0 Å². The molecule has 0 spiro atoms. The highest BCUT2D eigenvalue weighted by molar-refractivity contribution is 6.44. The molecule has 1 N–H and O–H groups in total. The van der Waals surface area contributed by atoms with Crippen LogP contribution in [-0.2, 0) is 6.54 Å². The zero-order chi connectivity index (χ0) is 11.5. The lowest BCUT2D eigenvalue weighted by Crippen LogP contribution is -2.25. The highest BCUT2D eigenvalue weighted by atomic mass is 35.5. The van der Waals surface area contributed by atoms with E-state index in [-0.39, 0.29) is 0 Å². The number of hydrogen-bond donors (Lipinski definition) is 1. The van der Waals surface area contributed by atoms with Crippen molar-refractivity contribution in [2.45, 2.75) is 25.4 Å². The van der Waals surface area contributed by atoms with Gasteiger partial charge in [-0.25, -0.2) is 0 Å². The van der Waals surface area contributed by atoms with Crippen LogP contribution in [0.25, 0.3) is 0 Å². The average molecular weight is 277 g/mol. The van der Waals surface area contributed by atoms with Gasteiger partial charge in [0.15, 0.2) is 0 Å². The Labute approximate surface area is 110 Å². The fraction of sp³-hybridized carbons (Fsp3) is 0.333. The van der Waals surface area contributed by atoms with Crippen LogP contribution in [0.15, 0.2) is 24.3 Å². The molecule has 0 atom stereocenters. The molecule has 0 bridgehead atoms. The molecule has 1 aromatic rings. The number of hydrogen-bond acceptors (Lipinski definition) is 1. The summed E-state index contributed by atoms with van der Waals surface area (Å²) < 4.78 is 0. The normalized spacial score (nSPS) is 15.9. The Morgan fingerprint density at radius 2 is 1.69 bits per heavy atom. The Bertz CT molecular complexity index is 407. The third kappa shape index (κ3) is 2.72. The maximum absolute atomic E-state index is 6.11. The van der Waals surface area contributed by atoms with Crippen LogP contribution in [0.3, 0.4) is 0 Å². The fourth-order valence-corrected chi connectivity index (χ4v) is 2.44. The third-order valence-corrected chi connectivity index (χ3v) is 3.91. The van der Waals surface area contributed by atoms with Crippen molar-refractivity contribution < 1.29 is 0 Å². The summed E-state index contributed by atoms with van der Waals surface area (Å²) >= 11 is 18.2. The Morgan fingerprint density at radius 3 is 2.38 bits per heavy atom. The molecule has 0 fully saturated rings. The number of nitrogens with one attached hydrogen (secondary N) is 1. The number of halogens is 3. The zero-order valence-corrected chi connectivity index (χ0v) is 10.9. The molecule has 0 unspecified atom stereocenters. The summed E-state index contributed by atoms with van der Waals surface area (Å²) in [7, 11) is 0. The van der Waals surface area contributed by atoms with Gasteiger partial charge in [-0.15, -0.1) is 0 Å². The molecular formula is C12H12Cl3N. The van der Waals surface area contributed by atoms with E-state index in [4.69, 9.17) is 34.8 Å². The van der Waals surface area contributed by atoms with Gasteiger partial charge < -0.3 is 5.32 Å². The van der Waals surface area contributed by atoms with Crippen molar-refractivity contribution in [1.29, 1.82) is 0 Å². The van der Waals surface area contributed by atoms with E-state index in [0.29, 0.717) is 27.7 Å². The minimum atomic E-state index is 0.492. The van der Waals surface area contributed by atoms with Gasteiger partial charge in [0.25, 0.3) is 0 Å². The van der Waals surface area contributed by atoms with E-state index in [9.17, 15) is 0 Å². The highest BCUT2D eigenvalue weighted by Gasteiger charge is 2.13. The van der Waals surface area contributed by atoms with Crippen LogP contribution >= 0.6 is 34.8 Å². The van der Waals surface area contributed by atoms with E-state index >= 15 is 0 Å². The zero-order valence-electron chi connectivity index (χ0n) is 8.64. The van der Waals surface area contributed by atoms with Crippen LogP contribution in [0.2, 0.25) is 15.1 Å². The van der Waals surface area contributed by atoms with Gasteiger partial charge in [-0.1, -0.05) is 47.0 Å². The van der Waals surface area contributed by atoms with Gasteiger partial charge in [-0.2, -0.15) is 0 Å². The van der Waals surface area contributed by atoms with E-state index in [2.05, 4.69) is 17.5 Å². The first-order valence-corrected chi connectivity index (χ1v) is 6.32. The van der Waals surface area contributed by atoms with E-state index in [1.165, 1.54) is 0 Å². The fourth-order valence-electron chi connectivity index (χ4n) is 1.76. The van der Waals surface area contributed by atoms with Crippen LogP contribution < -0.4 is 5.32 Å². The predicted molar refractivity (Wildman–Crippen MR) is 70.5 cm³/mol. The summed E-state index contributed by atoms with van der Waals surface area (Å²) in [6, 6.07) is 3.98. The van der Waals surface area contributed by atoms with E-state index in [0.717, 1.165) is 18.4 Å². The van der Waals surface area contributed by atoms with E-state index < -0.39 is 0 Å². The van der Waals surface area contributed by atoms with Crippen LogP contribution in [0.5, 0.6) is 0 Å². The Kier molecular flexibility index (Phi) is 4.15. The van der Waals surface area contributed by atoms with Gasteiger partial charge in [-0.3, -0.25) is 0 Å². The second kappa shape index (κ2) is 5.42. The standard InChI is InChI=1S/C12H12Cl3N/c13-10-5-6-11(14)12(15)9(10)7-16-8-3-1-2-4-8/h1-2,5-6,8,16H,3-4,7H2. The molecule has 0 saturated heterocycles. The van der Waals surface area contributed by atoms with Crippen molar-refractivity contribution in [2.75, 3.05) is 0 Å². The molecule has 0 saturated carbocycles. The maximum atomic E-state index is 6.11. The average Bonchev–Trinajstić information content (AvgIpc) is 2.77. The minimum Gasteiger partial charge on any atom is -0.309 e. The molecule has 0 aliphatic heterocycles. The lowest BCUT2D eigenvalue weighted by atomic mass is 10.2. The summed E-state index contributed by atoms with van der Waals surface area (Å²) in [5.74, 6) is 0. The largest absolute Gasteiger partial charge is 0.309 e. The van der Waals surface area contributed by atoms with Crippen LogP contribution in [0.4, 0.5) is 0 Å². The topological polar surface area (TPSA) is 12.0 Å². The van der Waals surface area contributed by atoms with Gasteiger partial charge in [0.1, 0.15) is 0 Å². The monoisotopic (exact) mass is 275 g/mol. The van der Waals surface area contributed by atoms with E-state index in [1.54, 1.807) is 12.1 Å². The van der Waals surface area contributed by atoms with Gasteiger partial charge >= 0.3 is 0 Å². The first-order chi connectivity index (χ1) is 7.68. The lowest BCUT2D eigenvalue weighted by Gasteiger charge is -2.14. The molecule has 0 amide bonds. The van der Waals surface area contributed by atoms with Gasteiger partial charge in [0.2, 0.25) is 0 Å². The molecule has 1 aliphatic rings. The minimum absolute atomic E-state index is 0.492. The Morgan fingerprint density at radius 1 is 1.06 bits per heavy atom. The van der Waals surface area contributed by atoms with Crippen molar-refractivity contribution in [2.24, 2.45) is 0 Å². The molecule has 0 radical (unpaired) electrons. The summed E-state index contributed by atoms with van der Waals surface area (Å²) in [4.78, 5) is 0. The summed E-state index contributed by atoms with van der Waals surface area (Å²) in [6.45, 7) is 0.657. The van der Waals surface area contributed by atoms with Crippen molar-refractivity contribution in [1.82, 2.24) is 5.32 Å². The smallest absolute Gasteiger partial charge is 0.0652 e. The molecule has 86 valence electrons. The molecular weight excluding hydrogens is 264 g/mol. The first-order valence-electron chi connectivity index (χ1n) is 5.19. The third-order valence-electron chi connectivity index (χ3n) is 2.71. The molecule has 1 aromatic carbocycles. The van der Waals surface area contributed by atoms with Crippen LogP contribution in [0.1, 0.15) is 18.4 Å². The SMILES string of the molecule is Clc1ccc(Cl)c(CNC2CC=CC2)c1Cl. The number of rotatable bonds is 3. The molecule has 1 nitrogen and oxygen atoms in total. The Hall–Kier alpha value is -0.210. The lowest BCUT2D eigenvalue weighted by molar-refractivity contribution is 0.538. The van der Waals surface area contributed by atoms with Gasteiger partial charge in [0.05, 0.1) is 10.0 Å². The van der Waals surface area contributed by atoms with Crippen molar-refractivity contribution in [3.63, 3.8) is 0 Å². The number of benzene rings is 1. The molecule has 0 aromatic heterocycles. The van der Waals surface area contributed by atoms with Crippen molar-refractivity contribution in [3.05, 3.63) is 44.9 Å². The predicted octanol–water partition coefficient (Wildman–Crippen LogP) is 4.46. The van der Waals surface area contributed by atoms with Crippen LogP contribution in [0, 0.1) is 0 Å². The maximum Gasteiger partial charge on any atom is 0.0652 e. The Balaban J connectivity index is 2.05. The quantitative estimate of drug-likeness (QED) is 0.635. The second-order valence-corrected chi connectivity index (χ2v) is 5.03. The van der Waals surface area contributed by atoms with Gasteiger partial charge in [0, 0.05) is 23.2 Å². The van der Waals surface area contributed by atoms with E-state index in [1.807, 2.05) is 0 Å². The highest BCUT2D eigenvalue weighted by Crippen LogP contribution is 2.31. The first kappa shape index (κ1) is 12.3. The molecule has 16 heavy (non-hydrogen) atoms. The molecule has 2 rings (SSSR count). The van der Waals surface area contributed by atoms with Crippen molar-refractivity contribution in [3.8, 4) is 0 Å². The second-order valence-electron chi connectivity index (χ2n) is 3.84. The van der Waals surface area contributed by atoms with Crippen LogP contribution in [-0.4, -0.2) is 6.04 Å².